The summed E-state index contributed by atoms with van der Waals surface area (Å²) in [4.78, 5) is 0. The maximum atomic E-state index is 6.08. The molecule has 1 aromatic carbocycles. The van der Waals surface area contributed by atoms with E-state index < -0.39 is 0 Å². The van der Waals surface area contributed by atoms with Crippen molar-refractivity contribution in [2.75, 3.05) is 0 Å². The zero-order valence-electron chi connectivity index (χ0n) is 11.4. The summed E-state index contributed by atoms with van der Waals surface area (Å²) in [6, 6.07) is 9.90. The smallest absolute Gasteiger partial charge is 0.118 e. The second-order valence-corrected chi connectivity index (χ2v) is 5.33. The van der Waals surface area contributed by atoms with Gasteiger partial charge < -0.3 is 0 Å². The molecule has 0 fully saturated rings. The molecular weight excluding hydrogens is 272 g/mol. The summed E-state index contributed by atoms with van der Waals surface area (Å²) in [6.07, 6.45) is 5.68. The minimum Gasteiger partial charge on any atom is -0.267 e. The highest BCUT2D eigenvalue weighted by Crippen LogP contribution is 2.28. The van der Waals surface area contributed by atoms with E-state index >= 15 is 0 Å². The normalized spacial score (nSPS) is 11.2. The SMILES string of the molecule is CC(C)n1cc(-n2cccn2)c(-c2cccc(Cl)c2)n1. The maximum Gasteiger partial charge on any atom is 0.118 e. The molecule has 0 amide bonds. The van der Waals surface area contributed by atoms with Gasteiger partial charge in [-0.2, -0.15) is 10.2 Å². The molecule has 0 unspecified atom stereocenters. The average Bonchev–Trinajstić information content (AvgIpc) is 3.07. The number of hydrogen-bond donors (Lipinski definition) is 0. The largest absolute Gasteiger partial charge is 0.267 e. The fourth-order valence-electron chi connectivity index (χ4n) is 2.07. The lowest BCUT2D eigenvalue weighted by atomic mass is 10.1. The number of halogens is 1. The van der Waals surface area contributed by atoms with Crippen molar-refractivity contribution in [3.8, 4) is 16.9 Å². The molecule has 3 rings (SSSR count). The lowest BCUT2D eigenvalue weighted by molar-refractivity contribution is 0.533. The van der Waals surface area contributed by atoms with E-state index in [9.17, 15) is 0 Å². The Bertz CT molecular complexity index is 713. The summed E-state index contributed by atoms with van der Waals surface area (Å²) < 4.78 is 3.76. The van der Waals surface area contributed by atoms with E-state index in [0.717, 1.165) is 16.9 Å². The second kappa shape index (κ2) is 5.13. The summed E-state index contributed by atoms with van der Waals surface area (Å²) in [5, 5.41) is 9.67. The highest BCUT2D eigenvalue weighted by atomic mass is 35.5. The Hall–Kier alpha value is -2.07. The van der Waals surface area contributed by atoms with Crippen LogP contribution in [0.5, 0.6) is 0 Å². The number of benzene rings is 1. The topological polar surface area (TPSA) is 35.6 Å². The van der Waals surface area contributed by atoms with Gasteiger partial charge in [0.25, 0.3) is 0 Å². The highest BCUT2D eigenvalue weighted by Gasteiger charge is 2.14. The highest BCUT2D eigenvalue weighted by molar-refractivity contribution is 6.30. The van der Waals surface area contributed by atoms with Gasteiger partial charge in [-0.25, -0.2) is 4.68 Å². The molecular formula is C15H15ClN4. The van der Waals surface area contributed by atoms with Gasteiger partial charge in [0.2, 0.25) is 0 Å². The van der Waals surface area contributed by atoms with Crippen molar-refractivity contribution in [1.29, 1.82) is 0 Å². The van der Waals surface area contributed by atoms with Crippen LogP contribution in [0.3, 0.4) is 0 Å². The molecule has 0 aliphatic carbocycles. The van der Waals surface area contributed by atoms with Gasteiger partial charge in [0.1, 0.15) is 11.4 Å². The van der Waals surface area contributed by atoms with Crippen molar-refractivity contribution < 1.29 is 0 Å². The van der Waals surface area contributed by atoms with E-state index in [0.29, 0.717) is 5.02 Å². The molecule has 5 heteroatoms. The molecule has 0 spiro atoms. The van der Waals surface area contributed by atoms with Gasteiger partial charge in [0.15, 0.2) is 0 Å². The van der Waals surface area contributed by atoms with Crippen LogP contribution in [0.15, 0.2) is 48.9 Å². The van der Waals surface area contributed by atoms with E-state index in [1.165, 1.54) is 0 Å². The van der Waals surface area contributed by atoms with E-state index in [1.54, 1.807) is 6.20 Å². The lowest BCUT2D eigenvalue weighted by Crippen LogP contribution is -2.00. The first kappa shape index (κ1) is 12.9. The standard InChI is InChI=1S/C15H15ClN4/c1-11(2)20-10-14(19-8-4-7-17-19)15(18-20)12-5-3-6-13(16)9-12/h3-11H,1-2H3. The molecule has 2 heterocycles. The Morgan fingerprint density at radius 1 is 1.20 bits per heavy atom. The van der Waals surface area contributed by atoms with Gasteiger partial charge >= 0.3 is 0 Å². The van der Waals surface area contributed by atoms with E-state index in [1.807, 2.05) is 52.1 Å². The average molecular weight is 287 g/mol. The fourth-order valence-corrected chi connectivity index (χ4v) is 2.26. The predicted octanol–water partition coefficient (Wildman–Crippen LogP) is 3.97. The molecule has 3 aromatic rings. The van der Waals surface area contributed by atoms with Crippen molar-refractivity contribution in [3.05, 3.63) is 53.9 Å². The third-order valence-corrected chi connectivity index (χ3v) is 3.33. The van der Waals surface area contributed by atoms with Gasteiger partial charge in [-0.05, 0) is 32.0 Å². The summed E-state index contributed by atoms with van der Waals surface area (Å²) >= 11 is 6.08. The molecule has 0 bridgehead atoms. The molecule has 0 saturated heterocycles. The summed E-state index contributed by atoms with van der Waals surface area (Å²) in [5.74, 6) is 0. The van der Waals surface area contributed by atoms with Crippen LogP contribution in [0.2, 0.25) is 5.02 Å². The first-order valence-corrected chi connectivity index (χ1v) is 6.88. The summed E-state index contributed by atoms with van der Waals surface area (Å²) in [7, 11) is 0. The van der Waals surface area contributed by atoms with Gasteiger partial charge in [0.05, 0.1) is 6.20 Å². The summed E-state index contributed by atoms with van der Waals surface area (Å²) in [5.41, 5.74) is 2.82. The maximum absolute atomic E-state index is 6.08. The molecule has 0 atom stereocenters. The van der Waals surface area contributed by atoms with Gasteiger partial charge in [-0.15, -0.1) is 0 Å². The lowest BCUT2D eigenvalue weighted by Gasteiger charge is -2.03. The minimum atomic E-state index is 0.289. The number of rotatable bonds is 3. The van der Waals surface area contributed by atoms with E-state index in [4.69, 9.17) is 11.6 Å². The Morgan fingerprint density at radius 3 is 2.70 bits per heavy atom. The Labute approximate surface area is 122 Å². The van der Waals surface area contributed by atoms with Gasteiger partial charge in [-0.3, -0.25) is 4.68 Å². The van der Waals surface area contributed by atoms with Crippen molar-refractivity contribution >= 4 is 11.6 Å². The molecule has 2 aromatic heterocycles. The van der Waals surface area contributed by atoms with Gasteiger partial charge in [-0.1, -0.05) is 23.7 Å². The van der Waals surface area contributed by atoms with Crippen LogP contribution < -0.4 is 0 Å². The minimum absolute atomic E-state index is 0.289. The first-order chi connectivity index (χ1) is 9.65. The molecule has 0 radical (unpaired) electrons. The quantitative estimate of drug-likeness (QED) is 0.730. The Balaban J connectivity index is 2.18. The predicted molar refractivity (Wildman–Crippen MR) is 80.2 cm³/mol. The van der Waals surface area contributed by atoms with Crippen LogP contribution in [-0.2, 0) is 0 Å². The third-order valence-electron chi connectivity index (χ3n) is 3.09. The summed E-state index contributed by atoms with van der Waals surface area (Å²) in [6.45, 7) is 4.20. The molecule has 0 N–H and O–H groups in total. The fraction of sp³-hybridized carbons (Fsp3) is 0.200. The van der Waals surface area contributed by atoms with Crippen molar-refractivity contribution in [2.24, 2.45) is 0 Å². The van der Waals surface area contributed by atoms with Crippen LogP contribution in [-0.4, -0.2) is 19.6 Å². The van der Waals surface area contributed by atoms with Crippen LogP contribution in [0.25, 0.3) is 16.9 Å². The van der Waals surface area contributed by atoms with Crippen molar-refractivity contribution in [1.82, 2.24) is 19.6 Å². The molecule has 0 aliphatic heterocycles. The van der Waals surface area contributed by atoms with Crippen LogP contribution in [0.4, 0.5) is 0 Å². The van der Waals surface area contributed by atoms with Crippen LogP contribution in [0, 0.1) is 0 Å². The molecule has 0 aliphatic rings. The van der Waals surface area contributed by atoms with Crippen molar-refractivity contribution in [3.63, 3.8) is 0 Å². The van der Waals surface area contributed by atoms with Crippen LogP contribution in [0.1, 0.15) is 19.9 Å². The monoisotopic (exact) mass is 286 g/mol. The van der Waals surface area contributed by atoms with E-state index in [-0.39, 0.29) is 6.04 Å². The zero-order valence-corrected chi connectivity index (χ0v) is 12.1. The third kappa shape index (κ3) is 2.34. The van der Waals surface area contributed by atoms with E-state index in [2.05, 4.69) is 24.0 Å². The van der Waals surface area contributed by atoms with Crippen molar-refractivity contribution in [2.45, 2.75) is 19.9 Å². The molecule has 4 nitrogen and oxygen atoms in total. The molecule has 20 heavy (non-hydrogen) atoms. The number of nitrogens with zero attached hydrogens (tertiary/aromatic N) is 4. The Kier molecular flexibility index (Phi) is 3.32. The van der Waals surface area contributed by atoms with Crippen LogP contribution >= 0.6 is 11.6 Å². The Morgan fingerprint density at radius 2 is 2.05 bits per heavy atom. The molecule has 102 valence electrons. The first-order valence-electron chi connectivity index (χ1n) is 6.50. The second-order valence-electron chi connectivity index (χ2n) is 4.90. The number of hydrogen-bond acceptors (Lipinski definition) is 2. The zero-order chi connectivity index (χ0) is 14.1. The van der Waals surface area contributed by atoms with Gasteiger partial charge in [0, 0.05) is 29.0 Å². The number of aromatic nitrogens is 4. The molecule has 0 saturated carbocycles.